The highest BCUT2D eigenvalue weighted by molar-refractivity contribution is 7.89. The number of rotatable bonds is 8. The van der Waals surface area contributed by atoms with Gasteiger partial charge in [-0.2, -0.15) is 0 Å². The van der Waals surface area contributed by atoms with Gasteiger partial charge in [0.25, 0.3) is 0 Å². The molecule has 118 valence electrons. The highest BCUT2D eigenvalue weighted by Crippen LogP contribution is 2.19. The van der Waals surface area contributed by atoms with E-state index in [0.29, 0.717) is 12.8 Å². The van der Waals surface area contributed by atoms with Crippen LogP contribution in [-0.2, 0) is 10.0 Å². The Balaban J connectivity index is 2.81. The smallest absolute Gasteiger partial charge is 0.337 e. The van der Waals surface area contributed by atoms with E-state index in [1.807, 2.05) is 6.92 Å². The zero-order valence-electron chi connectivity index (χ0n) is 11.7. The van der Waals surface area contributed by atoms with E-state index in [1.54, 1.807) is 0 Å². The molecule has 0 aliphatic heterocycles. The topological polar surface area (TPSA) is 130 Å². The minimum atomic E-state index is -3.91. The molecule has 0 radical (unpaired) electrons. The molecule has 1 rings (SSSR count). The summed E-state index contributed by atoms with van der Waals surface area (Å²) < 4.78 is 26.6. The molecule has 0 spiro atoms. The van der Waals surface area contributed by atoms with E-state index in [-0.39, 0.29) is 35.2 Å². The Kier molecular flexibility index (Phi) is 6.13. The number of anilines is 1. The largest absolute Gasteiger partial charge is 0.478 e. The van der Waals surface area contributed by atoms with Gasteiger partial charge >= 0.3 is 5.97 Å². The fraction of sp³-hybridized carbons (Fsp3) is 0.462. The monoisotopic (exact) mass is 316 g/mol. The van der Waals surface area contributed by atoms with Crippen LogP contribution in [0.1, 0.15) is 30.1 Å². The molecule has 0 amide bonds. The molecule has 5 N–H and O–H groups in total. The Morgan fingerprint density at radius 1 is 1.43 bits per heavy atom. The molecule has 0 aliphatic rings. The molecular formula is C13H20N2O5S. The van der Waals surface area contributed by atoms with Crippen molar-refractivity contribution in [3.8, 4) is 0 Å². The van der Waals surface area contributed by atoms with Crippen molar-refractivity contribution in [3.63, 3.8) is 0 Å². The van der Waals surface area contributed by atoms with Crippen molar-refractivity contribution in [2.75, 3.05) is 18.9 Å². The maximum atomic E-state index is 12.1. The Bertz CT molecular complexity index is 601. The van der Waals surface area contributed by atoms with Crippen molar-refractivity contribution in [1.29, 1.82) is 0 Å². The molecule has 1 atom stereocenters. The molecule has 8 heteroatoms. The van der Waals surface area contributed by atoms with Crippen LogP contribution in [0.25, 0.3) is 0 Å². The van der Waals surface area contributed by atoms with Crippen LogP contribution < -0.4 is 10.5 Å². The van der Waals surface area contributed by atoms with Crippen molar-refractivity contribution in [2.45, 2.75) is 24.7 Å². The molecule has 7 nitrogen and oxygen atoms in total. The van der Waals surface area contributed by atoms with Gasteiger partial charge in [0.2, 0.25) is 10.0 Å². The number of sulfonamides is 1. The molecule has 0 heterocycles. The van der Waals surface area contributed by atoms with Gasteiger partial charge in [-0.1, -0.05) is 6.92 Å². The Hall–Kier alpha value is -1.64. The fourth-order valence-electron chi connectivity index (χ4n) is 1.78. The number of carbonyl (C=O) groups is 1. The molecule has 1 aromatic rings. The van der Waals surface area contributed by atoms with Crippen LogP contribution >= 0.6 is 0 Å². The van der Waals surface area contributed by atoms with E-state index in [9.17, 15) is 13.2 Å². The van der Waals surface area contributed by atoms with Crippen LogP contribution in [0.3, 0.4) is 0 Å². The number of hydrogen-bond donors (Lipinski definition) is 4. The standard InChI is InChI=1S/C13H20N2O5S/c1-9(8-16)3-2-6-15-21(19,20)12-5-4-10(14)7-11(12)13(17)18/h4-5,7,9,15-16H,2-3,6,8,14H2,1H3,(H,17,18). The number of aliphatic hydroxyl groups is 1. The average molecular weight is 316 g/mol. The third-order valence-electron chi connectivity index (χ3n) is 3.00. The lowest BCUT2D eigenvalue weighted by molar-refractivity contribution is 0.0692. The number of hydrogen-bond acceptors (Lipinski definition) is 5. The number of carboxylic acids is 1. The highest BCUT2D eigenvalue weighted by atomic mass is 32.2. The third-order valence-corrected chi connectivity index (χ3v) is 4.52. The summed E-state index contributed by atoms with van der Waals surface area (Å²) in [5.41, 5.74) is 5.30. The maximum Gasteiger partial charge on any atom is 0.337 e. The molecular weight excluding hydrogens is 296 g/mol. The molecule has 1 aromatic carbocycles. The number of carboxylic acid groups (broad SMARTS) is 1. The second-order valence-electron chi connectivity index (χ2n) is 4.89. The lowest BCUT2D eigenvalue weighted by Gasteiger charge is -2.11. The molecule has 0 saturated carbocycles. The van der Waals surface area contributed by atoms with Crippen molar-refractivity contribution >= 4 is 21.7 Å². The van der Waals surface area contributed by atoms with E-state index < -0.39 is 16.0 Å². The Morgan fingerprint density at radius 3 is 2.67 bits per heavy atom. The van der Waals surface area contributed by atoms with Gasteiger partial charge in [0.15, 0.2) is 0 Å². The van der Waals surface area contributed by atoms with E-state index in [2.05, 4.69) is 4.72 Å². The summed E-state index contributed by atoms with van der Waals surface area (Å²) in [6, 6.07) is 3.64. The summed E-state index contributed by atoms with van der Waals surface area (Å²) in [6.45, 7) is 2.08. The number of aromatic carboxylic acids is 1. The summed E-state index contributed by atoms with van der Waals surface area (Å²) in [4.78, 5) is 10.8. The van der Waals surface area contributed by atoms with E-state index >= 15 is 0 Å². The van der Waals surface area contributed by atoms with E-state index in [4.69, 9.17) is 15.9 Å². The van der Waals surface area contributed by atoms with Crippen LogP contribution in [-0.4, -0.2) is 37.8 Å². The summed E-state index contributed by atoms with van der Waals surface area (Å²) in [6.07, 6.45) is 1.23. The number of benzene rings is 1. The first-order valence-corrected chi connectivity index (χ1v) is 7.99. The lowest BCUT2D eigenvalue weighted by Crippen LogP contribution is -2.27. The molecule has 0 fully saturated rings. The SMILES string of the molecule is CC(CO)CCCNS(=O)(=O)c1ccc(N)cc1C(=O)O. The van der Waals surface area contributed by atoms with Gasteiger partial charge in [0.05, 0.1) is 10.5 Å². The Morgan fingerprint density at radius 2 is 2.10 bits per heavy atom. The van der Waals surface area contributed by atoms with Crippen LogP contribution in [0, 0.1) is 5.92 Å². The fourth-order valence-corrected chi connectivity index (χ4v) is 3.03. The molecule has 0 saturated heterocycles. The van der Waals surface area contributed by atoms with Gasteiger partial charge in [-0.15, -0.1) is 0 Å². The normalized spacial score (nSPS) is 13.0. The van der Waals surface area contributed by atoms with Crippen LogP contribution in [0.4, 0.5) is 5.69 Å². The van der Waals surface area contributed by atoms with Gasteiger partial charge in [-0.3, -0.25) is 0 Å². The molecule has 21 heavy (non-hydrogen) atoms. The molecule has 0 aliphatic carbocycles. The Labute approximate surface area is 123 Å². The minimum Gasteiger partial charge on any atom is -0.478 e. The van der Waals surface area contributed by atoms with Gasteiger partial charge in [-0.05, 0) is 37.0 Å². The second kappa shape index (κ2) is 7.39. The summed E-state index contributed by atoms with van der Waals surface area (Å²) in [5, 5.41) is 17.9. The van der Waals surface area contributed by atoms with Gasteiger partial charge in [0.1, 0.15) is 0 Å². The first-order chi connectivity index (χ1) is 9.77. The summed E-state index contributed by atoms with van der Waals surface area (Å²) in [7, 11) is -3.91. The summed E-state index contributed by atoms with van der Waals surface area (Å²) >= 11 is 0. The zero-order valence-corrected chi connectivity index (χ0v) is 12.6. The predicted molar refractivity (Wildman–Crippen MR) is 78.5 cm³/mol. The van der Waals surface area contributed by atoms with E-state index in [0.717, 1.165) is 6.07 Å². The first-order valence-electron chi connectivity index (χ1n) is 6.51. The molecule has 0 bridgehead atoms. The van der Waals surface area contributed by atoms with Crippen LogP contribution in [0.2, 0.25) is 0 Å². The predicted octanol–water partition coefficient (Wildman–Crippen LogP) is 0.654. The number of nitrogen functional groups attached to an aromatic ring is 1. The van der Waals surface area contributed by atoms with Gasteiger partial charge in [-0.25, -0.2) is 17.9 Å². The van der Waals surface area contributed by atoms with Crippen molar-refractivity contribution in [1.82, 2.24) is 4.72 Å². The lowest BCUT2D eigenvalue weighted by atomic mass is 10.1. The maximum absolute atomic E-state index is 12.1. The highest BCUT2D eigenvalue weighted by Gasteiger charge is 2.22. The van der Waals surface area contributed by atoms with Crippen molar-refractivity contribution in [3.05, 3.63) is 23.8 Å². The number of aliphatic hydroxyl groups excluding tert-OH is 1. The zero-order chi connectivity index (χ0) is 16.0. The first kappa shape index (κ1) is 17.4. The summed E-state index contributed by atoms with van der Waals surface area (Å²) in [5.74, 6) is -1.25. The van der Waals surface area contributed by atoms with Crippen LogP contribution in [0.5, 0.6) is 0 Å². The van der Waals surface area contributed by atoms with Gasteiger partial charge < -0.3 is 15.9 Å². The number of nitrogens with one attached hydrogen (secondary N) is 1. The van der Waals surface area contributed by atoms with Gasteiger partial charge in [0, 0.05) is 18.8 Å². The third kappa shape index (κ3) is 5.00. The average Bonchev–Trinajstić information content (AvgIpc) is 2.42. The second-order valence-corrected chi connectivity index (χ2v) is 6.62. The van der Waals surface area contributed by atoms with Crippen molar-refractivity contribution < 1.29 is 23.4 Å². The minimum absolute atomic E-state index is 0.0495. The molecule has 1 unspecified atom stereocenters. The molecule has 0 aromatic heterocycles. The quantitative estimate of drug-likeness (QED) is 0.411. The number of nitrogens with two attached hydrogens (primary N) is 1. The van der Waals surface area contributed by atoms with E-state index in [1.165, 1.54) is 12.1 Å². The van der Waals surface area contributed by atoms with Crippen molar-refractivity contribution in [2.24, 2.45) is 5.92 Å². The van der Waals surface area contributed by atoms with Crippen LogP contribution in [0.15, 0.2) is 23.1 Å².